The van der Waals surface area contributed by atoms with Gasteiger partial charge in [0.05, 0.1) is 11.4 Å². The Morgan fingerprint density at radius 2 is 2.05 bits per heavy atom. The first kappa shape index (κ1) is 13.0. The molecule has 0 aliphatic carbocycles. The SMILES string of the molecule is O=C1NCCCC1C(=O)Nc1cccc2c1NCCC2. The number of carbonyl (C=O) groups is 2. The Bertz CT molecular complexity index is 542. The molecule has 1 aromatic carbocycles. The fraction of sp³-hybridized carbons (Fsp3) is 0.467. The van der Waals surface area contributed by atoms with E-state index in [1.165, 1.54) is 5.56 Å². The summed E-state index contributed by atoms with van der Waals surface area (Å²) in [7, 11) is 0. The average Bonchev–Trinajstić information content (AvgIpc) is 2.48. The zero-order chi connectivity index (χ0) is 13.9. The summed E-state index contributed by atoms with van der Waals surface area (Å²) in [5, 5.41) is 8.99. The van der Waals surface area contributed by atoms with Gasteiger partial charge in [-0.2, -0.15) is 0 Å². The summed E-state index contributed by atoms with van der Waals surface area (Å²) in [5.41, 5.74) is 3.01. The van der Waals surface area contributed by atoms with E-state index in [1.807, 2.05) is 12.1 Å². The standard InChI is InChI=1S/C15H19N3O2/c19-14-11(6-3-9-17-14)15(20)18-12-7-1-4-10-5-2-8-16-13(10)12/h1,4,7,11,16H,2-3,5-6,8-9H2,(H,17,19)(H,18,20). The topological polar surface area (TPSA) is 70.2 Å². The maximum Gasteiger partial charge on any atom is 0.237 e. The molecular weight excluding hydrogens is 254 g/mol. The maximum absolute atomic E-state index is 12.3. The number of para-hydroxylation sites is 1. The van der Waals surface area contributed by atoms with Crippen molar-refractivity contribution < 1.29 is 9.59 Å². The monoisotopic (exact) mass is 273 g/mol. The van der Waals surface area contributed by atoms with E-state index >= 15 is 0 Å². The van der Waals surface area contributed by atoms with E-state index in [0.29, 0.717) is 13.0 Å². The van der Waals surface area contributed by atoms with Gasteiger partial charge in [-0.1, -0.05) is 12.1 Å². The molecule has 0 spiro atoms. The van der Waals surface area contributed by atoms with E-state index < -0.39 is 5.92 Å². The van der Waals surface area contributed by atoms with Gasteiger partial charge in [-0.25, -0.2) is 0 Å². The minimum Gasteiger partial charge on any atom is -0.383 e. The molecule has 3 rings (SSSR count). The second kappa shape index (κ2) is 5.53. The van der Waals surface area contributed by atoms with Crippen LogP contribution in [0.3, 0.4) is 0 Å². The van der Waals surface area contributed by atoms with E-state index in [4.69, 9.17) is 0 Å². The predicted octanol–water partition coefficient (Wildman–Crippen LogP) is 1.51. The van der Waals surface area contributed by atoms with Gasteiger partial charge in [-0.3, -0.25) is 9.59 Å². The molecule has 1 fully saturated rings. The molecule has 2 heterocycles. The second-order valence-corrected chi connectivity index (χ2v) is 5.35. The minimum atomic E-state index is -0.566. The van der Waals surface area contributed by atoms with Crippen molar-refractivity contribution in [2.24, 2.45) is 5.92 Å². The van der Waals surface area contributed by atoms with Crippen LogP contribution in [0.25, 0.3) is 0 Å². The van der Waals surface area contributed by atoms with Gasteiger partial charge in [0.1, 0.15) is 5.92 Å². The highest BCUT2D eigenvalue weighted by Crippen LogP contribution is 2.30. The Balaban J connectivity index is 1.77. The van der Waals surface area contributed by atoms with Gasteiger partial charge < -0.3 is 16.0 Å². The molecule has 106 valence electrons. The van der Waals surface area contributed by atoms with Crippen molar-refractivity contribution in [1.29, 1.82) is 0 Å². The minimum absolute atomic E-state index is 0.161. The summed E-state index contributed by atoms with van der Waals surface area (Å²) in [6.07, 6.45) is 3.61. The molecule has 1 saturated heterocycles. The molecule has 2 aliphatic heterocycles. The van der Waals surface area contributed by atoms with Crippen LogP contribution in [0.5, 0.6) is 0 Å². The van der Waals surface area contributed by atoms with E-state index in [1.54, 1.807) is 0 Å². The summed E-state index contributed by atoms with van der Waals surface area (Å²) in [6, 6.07) is 5.91. The quantitative estimate of drug-likeness (QED) is 0.715. The van der Waals surface area contributed by atoms with Crippen LogP contribution in [0.15, 0.2) is 18.2 Å². The molecule has 2 aliphatic rings. The van der Waals surface area contributed by atoms with Crippen molar-refractivity contribution >= 4 is 23.2 Å². The van der Waals surface area contributed by atoms with Crippen molar-refractivity contribution in [3.8, 4) is 0 Å². The van der Waals surface area contributed by atoms with Gasteiger partial charge in [-0.05, 0) is 37.3 Å². The molecular formula is C15H19N3O2. The van der Waals surface area contributed by atoms with Gasteiger partial charge >= 0.3 is 0 Å². The van der Waals surface area contributed by atoms with Gasteiger partial charge in [-0.15, -0.1) is 0 Å². The van der Waals surface area contributed by atoms with Crippen LogP contribution in [0.4, 0.5) is 11.4 Å². The van der Waals surface area contributed by atoms with Crippen molar-refractivity contribution in [3.05, 3.63) is 23.8 Å². The summed E-state index contributed by atoms with van der Waals surface area (Å²) in [4.78, 5) is 24.0. The number of benzene rings is 1. The van der Waals surface area contributed by atoms with Crippen molar-refractivity contribution in [2.75, 3.05) is 23.7 Å². The summed E-state index contributed by atoms with van der Waals surface area (Å²) < 4.78 is 0. The molecule has 1 atom stereocenters. The molecule has 2 amide bonds. The first-order chi connectivity index (χ1) is 9.75. The first-order valence-electron chi connectivity index (χ1n) is 7.20. The highest BCUT2D eigenvalue weighted by Gasteiger charge is 2.29. The smallest absolute Gasteiger partial charge is 0.237 e. The van der Waals surface area contributed by atoms with E-state index in [2.05, 4.69) is 22.0 Å². The maximum atomic E-state index is 12.3. The molecule has 0 aromatic heterocycles. The Kier molecular flexibility index (Phi) is 3.58. The fourth-order valence-corrected chi connectivity index (χ4v) is 2.86. The second-order valence-electron chi connectivity index (χ2n) is 5.35. The lowest BCUT2D eigenvalue weighted by Gasteiger charge is -2.24. The third-order valence-electron chi connectivity index (χ3n) is 3.94. The zero-order valence-corrected chi connectivity index (χ0v) is 11.4. The number of anilines is 2. The predicted molar refractivity (Wildman–Crippen MR) is 77.6 cm³/mol. The van der Waals surface area contributed by atoms with Gasteiger partial charge in [0.25, 0.3) is 0 Å². The average molecular weight is 273 g/mol. The van der Waals surface area contributed by atoms with Crippen LogP contribution in [0.1, 0.15) is 24.8 Å². The van der Waals surface area contributed by atoms with Crippen LogP contribution >= 0.6 is 0 Å². The van der Waals surface area contributed by atoms with Crippen LogP contribution in [-0.4, -0.2) is 24.9 Å². The largest absolute Gasteiger partial charge is 0.383 e. The Morgan fingerprint density at radius 3 is 2.90 bits per heavy atom. The van der Waals surface area contributed by atoms with E-state index in [0.717, 1.165) is 37.2 Å². The highest BCUT2D eigenvalue weighted by molar-refractivity contribution is 6.08. The van der Waals surface area contributed by atoms with E-state index in [-0.39, 0.29) is 11.8 Å². The molecule has 0 bridgehead atoms. The lowest BCUT2D eigenvalue weighted by atomic mass is 9.97. The third kappa shape index (κ3) is 2.48. The Hall–Kier alpha value is -2.04. The van der Waals surface area contributed by atoms with Crippen LogP contribution in [0.2, 0.25) is 0 Å². The normalized spacial score (nSPS) is 21.4. The summed E-state index contributed by atoms with van der Waals surface area (Å²) in [5.74, 6) is -0.933. The number of piperidine rings is 1. The zero-order valence-electron chi connectivity index (χ0n) is 11.4. The number of fused-ring (bicyclic) bond motifs is 1. The Labute approximate surface area is 118 Å². The van der Waals surface area contributed by atoms with Crippen LogP contribution < -0.4 is 16.0 Å². The molecule has 3 N–H and O–H groups in total. The number of carbonyl (C=O) groups excluding carboxylic acids is 2. The molecule has 0 saturated carbocycles. The molecule has 5 nitrogen and oxygen atoms in total. The lowest BCUT2D eigenvalue weighted by Crippen LogP contribution is -2.42. The molecule has 0 radical (unpaired) electrons. The summed E-state index contributed by atoms with van der Waals surface area (Å²) >= 11 is 0. The Morgan fingerprint density at radius 1 is 1.20 bits per heavy atom. The molecule has 5 heteroatoms. The number of hydrogen-bond donors (Lipinski definition) is 3. The van der Waals surface area contributed by atoms with Crippen LogP contribution in [0, 0.1) is 5.92 Å². The fourth-order valence-electron chi connectivity index (χ4n) is 2.86. The van der Waals surface area contributed by atoms with Gasteiger partial charge in [0.2, 0.25) is 11.8 Å². The van der Waals surface area contributed by atoms with Crippen molar-refractivity contribution in [3.63, 3.8) is 0 Å². The number of nitrogens with one attached hydrogen (secondary N) is 3. The van der Waals surface area contributed by atoms with Gasteiger partial charge in [0.15, 0.2) is 0 Å². The van der Waals surface area contributed by atoms with E-state index in [9.17, 15) is 9.59 Å². The van der Waals surface area contributed by atoms with Crippen LogP contribution in [-0.2, 0) is 16.0 Å². The third-order valence-corrected chi connectivity index (χ3v) is 3.94. The highest BCUT2D eigenvalue weighted by atomic mass is 16.2. The van der Waals surface area contributed by atoms with Crippen molar-refractivity contribution in [2.45, 2.75) is 25.7 Å². The lowest BCUT2D eigenvalue weighted by molar-refractivity contribution is -0.134. The van der Waals surface area contributed by atoms with Crippen molar-refractivity contribution in [1.82, 2.24) is 5.32 Å². The number of amides is 2. The number of aryl methyl sites for hydroxylation is 1. The molecule has 1 unspecified atom stereocenters. The molecule has 20 heavy (non-hydrogen) atoms. The summed E-state index contributed by atoms with van der Waals surface area (Å²) in [6.45, 7) is 1.59. The van der Waals surface area contributed by atoms with Gasteiger partial charge in [0, 0.05) is 13.1 Å². The number of hydrogen-bond acceptors (Lipinski definition) is 3. The molecule has 1 aromatic rings. The first-order valence-corrected chi connectivity index (χ1v) is 7.20. The number of rotatable bonds is 2.